The summed E-state index contributed by atoms with van der Waals surface area (Å²) < 4.78 is 6.22. The quantitative estimate of drug-likeness (QED) is 0.753. The monoisotopic (exact) mass is 280 g/mol. The van der Waals surface area contributed by atoms with Gasteiger partial charge in [0, 0.05) is 10.7 Å². The topological polar surface area (TPSA) is 13.1 Å². The first kappa shape index (κ1) is 9.33. The van der Waals surface area contributed by atoms with Crippen molar-refractivity contribution in [3.05, 3.63) is 22.6 Å². The number of halogens is 2. The third-order valence-electron chi connectivity index (χ3n) is 1.57. The van der Waals surface area contributed by atoms with E-state index in [4.69, 9.17) is 4.42 Å². The highest BCUT2D eigenvalue weighted by Crippen LogP contribution is 2.28. The minimum absolute atomic E-state index is 0.0754. The van der Waals surface area contributed by atoms with Crippen molar-refractivity contribution in [2.75, 3.05) is 5.33 Å². The molecule has 1 aromatic heterocycles. The molecular weight excluding hydrogens is 272 g/mol. The Hall–Kier alpha value is 0.240. The van der Waals surface area contributed by atoms with Gasteiger partial charge in [0.1, 0.15) is 5.76 Å². The van der Waals surface area contributed by atoms with Crippen molar-refractivity contribution >= 4 is 31.9 Å². The Morgan fingerprint density at radius 2 is 2.09 bits per heavy atom. The standard InChI is InChI=1S/C8H10Br2O/c1-8(2,5-9)6-3-4-7(10)11-6/h3-4H,5H2,1-2H3. The number of furan rings is 1. The van der Waals surface area contributed by atoms with Crippen LogP contribution in [0.4, 0.5) is 0 Å². The van der Waals surface area contributed by atoms with Gasteiger partial charge in [0.25, 0.3) is 0 Å². The van der Waals surface area contributed by atoms with Crippen LogP contribution in [0.1, 0.15) is 19.6 Å². The van der Waals surface area contributed by atoms with E-state index in [-0.39, 0.29) is 5.41 Å². The molecule has 0 saturated heterocycles. The van der Waals surface area contributed by atoms with Crippen LogP contribution in [0.25, 0.3) is 0 Å². The van der Waals surface area contributed by atoms with E-state index >= 15 is 0 Å². The minimum atomic E-state index is 0.0754. The molecule has 0 aliphatic rings. The summed E-state index contributed by atoms with van der Waals surface area (Å²) in [6, 6.07) is 3.91. The molecule has 62 valence electrons. The van der Waals surface area contributed by atoms with Crippen LogP contribution in [0.2, 0.25) is 0 Å². The van der Waals surface area contributed by atoms with E-state index in [9.17, 15) is 0 Å². The number of alkyl halides is 1. The van der Waals surface area contributed by atoms with Gasteiger partial charge >= 0.3 is 0 Å². The van der Waals surface area contributed by atoms with Gasteiger partial charge in [0.2, 0.25) is 0 Å². The first-order valence-corrected chi connectivity index (χ1v) is 5.29. The Balaban J connectivity index is 2.92. The zero-order valence-corrected chi connectivity index (χ0v) is 9.70. The Morgan fingerprint density at radius 3 is 2.45 bits per heavy atom. The first-order valence-electron chi connectivity index (χ1n) is 3.38. The molecule has 0 atom stereocenters. The van der Waals surface area contributed by atoms with Crippen molar-refractivity contribution in [2.45, 2.75) is 19.3 Å². The van der Waals surface area contributed by atoms with Crippen molar-refractivity contribution in [3.8, 4) is 0 Å². The second-order valence-electron chi connectivity index (χ2n) is 3.12. The molecule has 0 amide bonds. The van der Waals surface area contributed by atoms with Gasteiger partial charge in [-0.1, -0.05) is 29.8 Å². The maximum atomic E-state index is 5.43. The van der Waals surface area contributed by atoms with E-state index in [1.54, 1.807) is 0 Å². The van der Waals surface area contributed by atoms with E-state index < -0.39 is 0 Å². The Morgan fingerprint density at radius 1 is 1.45 bits per heavy atom. The fourth-order valence-electron chi connectivity index (χ4n) is 0.744. The maximum Gasteiger partial charge on any atom is 0.169 e. The molecule has 11 heavy (non-hydrogen) atoms. The summed E-state index contributed by atoms with van der Waals surface area (Å²) in [4.78, 5) is 0. The van der Waals surface area contributed by atoms with Gasteiger partial charge in [-0.05, 0) is 28.1 Å². The average Bonchev–Trinajstić information content (AvgIpc) is 2.36. The fourth-order valence-corrected chi connectivity index (χ4v) is 1.33. The summed E-state index contributed by atoms with van der Waals surface area (Å²) in [6.45, 7) is 4.26. The molecule has 1 nitrogen and oxygen atoms in total. The molecule has 0 aliphatic carbocycles. The van der Waals surface area contributed by atoms with E-state index in [0.717, 1.165) is 15.8 Å². The second kappa shape index (κ2) is 3.31. The van der Waals surface area contributed by atoms with Gasteiger partial charge in [0.05, 0.1) is 0 Å². The molecule has 1 aromatic rings. The molecule has 0 aromatic carbocycles. The predicted octanol–water partition coefficient (Wildman–Crippen LogP) is 3.71. The lowest BCUT2D eigenvalue weighted by Crippen LogP contribution is -2.17. The van der Waals surface area contributed by atoms with Crippen LogP contribution in [0.3, 0.4) is 0 Å². The molecule has 0 N–H and O–H groups in total. The lowest BCUT2D eigenvalue weighted by Gasteiger charge is -2.17. The number of rotatable bonds is 2. The highest BCUT2D eigenvalue weighted by molar-refractivity contribution is 9.10. The van der Waals surface area contributed by atoms with Crippen molar-refractivity contribution in [2.24, 2.45) is 0 Å². The highest BCUT2D eigenvalue weighted by Gasteiger charge is 2.22. The lowest BCUT2D eigenvalue weighted by molar-refractivity contribution is 0.403. The SMILES string of the molecule is CC(C)(CBr)c1ccc(Br)o1. The summed E-state index contributed by atoms with van der Waals surface area (Å²) >= 11 is 6.71. The largest absolute Gasteiger partial charge is 0.454 e. The van der Waals surface area contributed by atoms with Crippen LogP contribution in [0.15, 0.2) is 21.2 Å². The second-order valence-corrected chi connectivity index (χ2v) is 4.46. The summed E-state index contributed by atoms with van der Waals surface area (Å²) in [5, 5.41) is 0.903. The Bertz CT molecular complexity index is 240. The fraction of sp³-hybridized carbons (Fsp3) is 0.500. The van der Waals surface area contributed by atoms with Crippen molar-refractivity contribution in [3.63, 3.8) is 0 Å². The molecule has 0 radical (unpaired) electrons. The van der Waals surface area contributed by atoms with Crippen LogP contribution in [-0.4, -0.2) is 5.33 Å². The van der Waals surface area contributed by atoms with Crippen molar-refractivity contribution in [1.82, 2.24) is 0 Å². The van der Waals surface area contributed by atoms with Crippen LogP contribution < -0.4 is 0 Å². The zero-order chi connectivity index (χ0) is 8.48. The van der Waals surface area contributed by atoms with Gasteiger partial charge in [-0.25, -0.2) is 0 Å². The van der Waals surface area contributed by atoms with Crippen LogP contribution in [-0.2, 0) is 5.41 Å². The molecule has 1 heterocycles. The third kappa shape index (κ3) is 2.09. The maximum absolute atomic E-state index is 5.43. The van der Waals surface area contributed by atoms with Gasteiger partial charge in [0.15, 0.2) is 4.67 Å². The van der Waals surface area contributed by atoms with Crippen LogP contribution in [0, 0.1) is 0 Å². The Labute approximate surface area is 83.4 Å². The smallest absolute Gasteiger partial charge is 0.169 e. The first-order chi connectivity index (χ1) is 5.06. The molecular formula is C8H10Br2O. The van der Waals surface area contributed by atoms with Crippen LogP contribution >= 0.6 is 31.9 Å². The molecule has 0 fully saturated rings. The van der Waals surface area contributed by atoms with E-state index in [1.807, 2.05) is 12.1 Å². The highest BCUT2D eigenvalue weighted by atomic mass is 79.9. The predicted molar refractivity (Wildman–Crippen MR) is 53.2 cm³/mol. The molecule has 1 rings (SSSR count). The van der Waals surface area contributed by atoms with E-state index in [0.29, 0.717) is 0 Å². The number of hydrogen-bond acceptors (Lipinski definition) is 1. The molecule has 3 heteroatoms. The zero-order valence-electron chi connectivity index (χ0n) is 6.53. The van der Waals surface area contributed by atoms with Gasteiger partial charge in [-0.15, -0.1) is 0 Å². The summed E-state index contributed by atoms with van der Waals surface area (Å²) in [7, 11) is 0. The number of hydrogen-bond donors (Lipinski definition) is 0. The summed E-state index contributed by atoms with van der Waals surface area (Å²) in [5.74, 6) is 1.00. The molecule has 0 unspecified atom stereocenters. The van der Waals surface area contributed by atoms with Crippen LogP contribution in [0.5, 0.6) is 0 Å². The Kier molecular flexibility index (Phi) is 2.81. The molecule has 0 aliphatic heterocycles. The van der Waals surface area contributed by atoms with E-state index in [1.165, 1.54) is 0 Å². The molecule has 0 saturated carbocycles. The normalized spacial score (nSPS) is 12.0. The van der Waals surface area contributed by atoms with Gasteiger partial charge < -0.3 is 4.42 Å². The van der Waals surface area contributed by atoms with Crippen molar-refractivity contribution < 1.29 is 4.42 Å². The third-order valence-corrected chi connectivity index (χ3v) is 3.40. The average molecular weight is 282 g/mol. The summed E-state index contributed by atoms with van der Waals surface area (Å²) in [5.41, 5.74) is 0.0754. The van der Waals surface area contributed by atoms with E-state index in [2.05, 4.69) is 45.7 Å². The minimum Gasteiger partial charge on any atom is -0.454 e. The molecule has 0 bridgehead atoms. The van der Waals surface area contributed by atoms with Gasteiger partial charge in [-0.3, -0.25) is 0 Å². The molecule has 0 spiro atoms. The van der Waals surface area contributed by atoms with Gasteiger partial charge in [-0.2, -0.15) is 0 Å². The van der Waals surface area contributed by atoms with Crippen molar-refractivity contribution in [1.29, 1.82) is 0 Å². The lowest BCUT2D eigenvalue weighted by atomic mass is 9.93. The summed E-state index contributed by atoms with van der Waals surface area (Å²) in [6.07, 6.45) is 0.